The largest absolute Gasteiger partial charge is 0.316 e. The van der Waals surface area contributed by atoms with E-state index in [0.717, 1.165) is 31.0 Å². The Balaban J connectivity index is 1.96. The molecule has 1 aliphatic rings. The van der Waals surface area contributed by atoms with Gasteiger partial charge in [-0.25, -0.2) is 4.39 Å². The monoisotopic (exact) mass is 193 g/mol. The van der Waals surface area contributed by atoms with Crippen molar-refractivity contribution < 1.29 is 4.39 Å². The topological polar surface area (TPSA) is 12.0 Å². The Morgan fingerprint density at radius 3 is 2.86 bits per heavy atom. The molecule has 1 heterocycles. The summed E-state index contributed by atoms with van der Waals surface area (Å²) in [6.45, 7) is 4.32. The average molecular weight is 193 g/mol. The van der Waals surface area contributed by atoms with E-state index in [0.29, 0.717) is 0 Å². The first-order chi connectivity index (χ1) is 6.75. The number of nitrogens with one attached hydrogen (secondary N) is 1. The zero-order chi connectivity index (χ0) is 9.97. The van der Waals surface area contributed by atoms with Gasteiger partial charge in [-0.1, -0.05) is 6.07 Å². The molecule has 0 bridgehead atoms. The Labute approximate surface area is 84.3 Å². The van der Waals surface area contributed by atoms with Gasteiger partial charge in [0.25, 0.3) is 0 Å². The lowest BCUT2D eigenvalue weighted by atomic mass is 9.93. The highest BCUT2D eigenvalue weighted by Crippen LogP contribution is 2.17. The van der Waals surface area contributed by atoms with Crippen LogP contribution in [0.25, 0.3) is 0 Å². The second-order valence-corrected chi connectivity index (χ2v) is 4.13. The molecule has 2 rings (SSSR count). The van der Waals surface area contributed by atoms with Gasteiger partial charge >= 0.3 is 0 Å². The molecule has 1 nitrogen and oxygen atoms in total. The van der Waals surface area contributed by atoms with Gasteiger partial charge in [0.2, 0.25) is 0 Å². The highest BCUT2D eigenvalue weighted by atomic mass is 19.1. The van der Waals surface area contributed by atoms with Crippen LogP contribution >= 0.6 is 0 Å². The van der Waals surface area contributed by atoms with Crippen LogP contribution in [0.5, 0.6) is 0 Å². The van der Waals surface area contributed by atoms with Crippen molar-refractivity contribution in [3.8, 4) is 0 Å². The predicted octanol–water partition coefficient (Wildman–Crippen LogP) is 2.29. The van der Waals surface area contributed by atoms with Crippen LogP contribution in [0.1, 0.15) is 17.5 Å². The van der Waals surface area contributed by atoms with Crippen molar-refractivity contribution in [3.05, 3.63) is 35.1 Å². The summed E-state index contributed by atoms with van der Waals surface area (Å²) in [4.78, 5) is 0. The van der Waals surface area contributed by atoms with Crippen molar-refractivity contribution >= 4 is 0 Å². The number of benzene rings is 1. The van der Waals surface area contributed by atoms with E-state index < -0.39 is 0 Å². The van der Waals surface area contributed by atoms with Crippen LogP contribution in [0.2, 0.25) is 0 Å². The zero-order valence-electron chi connectivity index (χ0n) is 8.52. The van der Waals surface area contributed by atoms with Gasteiger partial charge in [-0.05, 0) is 62.0 Å². The molecule has 0 atom stereocenters. The Morgan fingerprint density at radius 1 is 1.43 bits per heavy atom. The molecule has 0 spiro atoms. The fraction of sp³-hybridized carbons (Fsp3) is 0.500. The van der Waals surface area contributed by atoms with Gasteiger partial charge < -0.3 is 5.32 Å². The molecule has 1 fully saturated rings. The Bertz CT molecular complexity index is 318. The smallest absolute Gasteiger partial charge is 0.123 e. The van der Waals surface area contributed by atoms with E-state index in [1.165, 1.54) is 18.1 Å². The molecule has 1 aliphatic heterocycles. The SMILES string of the molecule is Cc1ccc(F)cc1CCC1CNC1. The van der Waals surface area contributed by atoms with E-state index in [1.807, 2.05) is 13.0 Å². The molecule has 2 heteroatoms. The lowest BCUT2D eigenvalue weighted by Gasteiger charge is -2.27. The van der Waals surface area contributed by atoms with Crippen molar-refractivity contribution in [2.75, 3.05) is 13.1 Å². The molecular weight excluding hydrogens is 177 g/mol. The average Bonchev–Trinajstić information content (AvgIpc) is 2.08. The Kier molecular flexibility index (Phi) is 2.82. The van der Waals surface area contributed by atoms with Gasteiger partial charge in [-0.15, -0.1) is 0 Å². The molecule has 0 amide bonds. The Morgan fingerprint density at radius 2 is 2.21 bits per heavy atom. The first kappa shape index (κ1) is 9.66. The van der Waals surface area contributed by atoms with Crippen molar-refractivity contribution in [1.29, 1.82) is 0 Å². The van der Waals surface area contributed by atoms with Gasteiger partial charge in [-0.3, -0.25) is 0 Å². The normalized spacial score (nSPS) is 16.7. The summed E-state index contributed by atoms with van der Waals surface area (Å²) < 4.78 is 13.0. The summed E-state index contributed by atoms with van der Waals surface area (Å²) in [5.41, 5.74) is 2.37. The Hall–Kier alpha value is -0.890. The van der Waals surface area contributed by atoms with E-state index >= 15 is 0 Å². The highest BCUT2D eigenvalue weighted by Gasteiger charge is 2.16. The summed E-state index contributed by atoms with van der Waals surface area (Å²) in [5, 5.41) is 3.25. The van der Waals surface area contributed by atoms with Crippen LogP contribution in [-0.4, -0.2) is 13.1 Å². The first-order valence-corrected chi connectivity index (χ1v) is 5.21. The van der Waals surface area contributed by atoms with Crippen LogP contribution in [-0.2, 0) is 6.42 Å². The molecule has 1 N–H and O–H groups in total. The minimum absolute atomic E-state index is 0.114. The summed E-state index contributed by atoms with van der Waals surface area (Å²) in [6.07, 6.45) is 2.19. The predicted molar refractivity (Wildman–Crippen MR) is 55.8 cm³/mol. The molecule has 0 aromatic heterocycles. The molecule has 1 aromatic rings. The number of rotatable bonds is 3. The fourth-order valence-corrected chi connectivity index (χ4v) is 1.82. The zero-order valence-corrected chi connectivity index (χ0v) is 8.52. The molecule has 1 saturated heterocycles. The first-order valence-electron chi connectivity index (χ1n) is 5.21. The van der Waals surface area contributed by atoms with Gasteiger partial charge in [0.05, 0.1) is 0 Å². The molecule has 14 heavy (non-hydrogen) atoms. The van der Waals surface area contributed by atoms with Crippen LogP contribution in [0.4, 0.5) is 4.39 Å². The van der Waals surface area contributed by atoms with Gasteiger partial charge in [-0.2, -0.15) is 0 Å². The fourth-order valence-electron chi connectivity index (χ4n) is 1.82. The molecular formula is C12H16FN. The molecule has 0 saturated carbocycles. The minimum Gasteiger partial charge on any atom is -0.316 e. The second-order valence-electron chi connectivity index (χ2n) is 4.13. The van der Waals surface area contributed by atoms with E-state index in [-0.39, 0.29) is 5.82 Å². The van der Waals surface area contributed by atoms with Crippen LogP contribution in [0.3, 0.4) is 0 Å². The maximum absolute atomic E-state index is 13.0. The summed E-state index contributed by atoms with van der Waals surface area (Å²) in [5.74, 6) is 0.690. The summed E-state index contributed by atoms with van der Waals surface area (Å²) in [6, 6.07) is 5.06. The maximum atomic E-state index is 13.0. The summed E-state index contributed by atoms with van der Waals surface area (Å²) in [7, 11) is 0. The van der Waals surface area contributed by atoms with E-state index in [9.17, 15) is 4.39 Å². The van der Waals surface area contributed by atoms with Gasteiger partial charge in [0.1, 0.15) is 5.82 Å². The van der Waals surface area contributed by atoms with Gasteiger partial charge in [0, 0.05) is 0 Å². The second kappa shape index (κ2) is 4.09. The van der Waals surface area contributed by atoms with Crippen molar-refractivity contribution in [2.24, 2.45) is 5.92 Å². The molecule has 0 unspecified atom stereocenters. The quantitative estimate of drug-likeness (QED) is 0.776. The van der Waals surface area contributed by atoms with E-state index in [1.54, 1.807) is 6.07 Å². The lowest BCUT2D eigenvalue weighted by Crippen LogP contribution is -2.42. The molecule has 1 aromatic carbocycles. The number of aryl methyl sites for hydroxylation is 2. The highest BCUT2D eigenvalue weighted by molar-refractivity contribution is 5.26. The molecule has 0 radical (unpaired) electrons. The van der Waals surface area contributed by atoms with Crippen LogP contribution in [0, 0.1) is 18.7 Å². The van der Waals surface area contributed by atoms with Gasteiger partial charge in [0.15, 0.2) is 0 Å². The molecule has 76 valence electrons. The standard InChI is InChI=1S/C12H16FN/c1-9-2-5-12(13)6-11(9)4-3-10-7-14-8-10/h2,5-6,10,14H,3-4,7-8H2,1H3. The van der Waals surface area contributed by atoms with Crippen molar-refractivity contribution in [2.45, 2.75) is 19.8 Å². The third kappa shape index (κ3) is 2.13. The maximum Gasteiger partial charge on any atom is 0.123 e. The number of halogens is 1. The summed E-state index contributed by atoms with van der Waals surface area (Å²) >= 11 is 0. The van der Waals surface area contributed by atoms with Crippen LogP contribution < -0.4 is 5.32 Å². The third-order valence-electron chi connectivity index (χ3n) is 3.00. The van der Waals surface area contributed by atoms with Crippen molar-refractivity contribution in [3.63, 3.8) is 0 Å². The third-order valence-corrected chi connectivity index (χ3v) is 3.00. The van der Waals surface area contributed by atoms with E-state index in [2.05, 4.69) is 5.32 Å². The molecule has 0 aliphatic carbocycles. The lowest BCUT2D eigenvalue weighted by molar-refractivity contribution is 0.327. The van der Waals surface area contributed by atoms with E-state index in [4.69, 9.17) is 0 Å². The van der Waals surface area contributed by atoms with Crippen molar-refractivity contribution in [1.82, 2.24) is 5.32 Å². The number of hydrogen-bond donors (Lipinski definition) is 1. The minimum atomic E-state index is -0.114. The van der Waals surface area contributed by atoms with Crippen LogP contribution in [0.15, 0.2) is 18.2 Å². The number of hydrogen-bond acceptors (Lipinski definition) is 1.